The minimum atomic E-state index is -0.249. The minimum absolute atomic E-state index is 0.133. The fourth-order valence-electron chi connectivity index (χ4n) is 1.56. The number of benzene rings is 1. The third kappa shape index (κ3) is 1.65. The molecule has 1 aromatic carbocycles. The number of Topliss-reactive ketones (excluding diaryl/α,β-unsaturated/α-hetero) is 1. The average Bonchev–Trinajstić information content (AvgIpc) is 2.29. The standard InChI is InChI=1S/C13H12O3/c1-8(2)12(14)10-7-16-11-6-4-3-5-9(11)13(10)15/h3-8H,1-2H3. The Morgan fingerprint density at radius 1 is 1.25 bits per heavy atom. The van der Waals surface area contributed by atoms with E-state index in [4.69, 9.17) is 4.42 Å². The largest absolute Gasteiger partial charge is 0.463 e. The van der Waals surface area contributed by atoms with Crippen molar-refractivity contribution in [3.63, 3.8) is 0 Å². The van der Waals surface area contributed by atoms with Gasteiger partial charge in [0.05, 0.1) is 5.39 Å². The summed E-state index contributed by atoms with van der Waals surface area (Å²) in [5, 5.41) is 0.453. The first kappa shape index (κ1) is 10.6. The summed E-state index contributed by atoms with van der Waals surface area (Å²) in [5.74, 6) is -0.386. The molecule has 0 saturated heterocycles. The second-order valence-electron chi connectivity index (χ2n) is 3.99. The average molecular weight is 216 g/mol. The van der Waals surface area contributed by atoms with E-state index in [1.165, 1.54) is 6.26 Å². The molecule has 0 fully saturated rings. The highest BCUT2D eigenvalue weighted by atomic mass is 16.3. The van der Waals surface area contributed by atoms with Gasteiger partial charge in [0.15, 0.2) is 5.78 Å². The zero-order valence-electron chi connectivity index (χ0n) is 9.19. The van der Waals surface area contributed by atoms with Crippen molar-refractivity contribution in [2.75, 3.05) is 0 Å². The van der Waals surface area contributed by atoms with Crippen molar-refractivity contribution in [3.05, 3.63) is 46.3 Å². The third-order valence-electron chi connectivity index (χ3n) is 2.47. The maximum absolute atomic E-state index is 12.0. The van der Waals surface area contributed by atoms with Crippen molar-refractivity contribution >= 4 is 16.8 Å². The molecule has 2 rings (SSSR count). The number of hydrogen-bond acceptors (Lipinski definition) is 3. The van der Waals surface area contributed by atoms with E-state index in [1.54, 1.807) is 38.1 Å². The summed E-state index contributed by atoms with van der Waals surface area (Å²) >= 11 is 0. The van der Waals surface area contributed by atoms with Crippen LogP contribution in [0.2, 0.25) is 0 Å². The Morgan fingerprint density at radius 2 is 1.94 bits per heavy atom. The molecule has 0 aliphatic rings. The van der Waals surface area contributed by atoms with Gasteiger partial charge in [-0.1, -0.05) is 26.0 Å². The number of hydrogen-bond donors (Lipinski definition) is 0. The van der Waals surface area contributed by atoms with Gasteiger partial charge in [-0.3, -0.25) is 9.59 Å². The second-order valence-corrected chi connectivity index (χ2v) is 3.99. The molecule has 0 atom stereocenters. The Labute approximate surface area is 92.7 Å². The van der Waals surface area contributed by atoms with E-state index in [2.05, 4.69) is 0 Å². The minimum Gasteiger partial charge on any atom is -0.463 e. The zero-order chi connectivity index (χ0) is 11.7. The molecule has 0 bridgehead atoms. The van der Waals surface area contributed by atoms with Crippen LogP contribution in [-0.2, 0) is 0 Å². The summed E-state index contributed by atoms with van der Waals surface area (Å²) in [6.45, 7) is 3.52. The molecule has 0 radical (unpaired) electrons. The predicted octanol–water partition coefficient (Wildman–Crippen LogP) is 2.63. The van der Waals surface area contributed by atoms with E-state index in [0.29, 0.717) is 11.0 Å². The SMILES string of the molecule is CC(C)C(=O)c1coc2ccccc2c1=O. The van der Waals surface area contributed by atoms with E-state index in [0.717, 1.165) is 0 Å². The molecular formula is C13H12O3. The van der Waals surface area contributed by atoms with Crippen LogP contribution in [0.4, 0.5) is 0 Å². The van der Waals surface area contributed by atoms with Crippen LogP contribution in [0.1, 0.15) is 24.2 Å². The molecule has 1 heterocycles. The van der Waals surface area contributed by atoms with Gasteiger partial charge in [-0.25, -0.2) is 0 Å². The summed E-state index contributed by atoms with van der Waals surface area (Å²) in [7, 11) is 0. The quantitative estimate of drug-likeness (QED) is 0.725. The van der Waals surface area contributed by atoms with Gasteiger partial charge in [-0.05, 0) is 12.1 Å². The molecule has 3 heteroatoms. The summed E-state index contributed by atoms with van der Waals surface area (Å²) in [6, 6.07) is 6.91. The van der Waals surface area contributed by atoms with Crippen LogP contribution in [0.5, 0.6) is 0 Å². The Kier molecular flexibility index (Phi) is 2.60. The molecule has 0 N–H and O–H groups in total. The highest BCUT2D eigenvalue weighted by molar-refractivity contribution is 5.99. The lowest BCUT2D eigenvalue weighted by atomic mass is 10.0. The molecule has 82 valence electrons. The third-order valence-corrected chi connectivity index (χ3v) is 2.47. The molecular weight excluding hydrogens is 204 g/mol. The molecule has 0 aliphatic heterocycles. The summed E-state index contributed by atoms with van der Waals surface area (Å²) in [5.41, 5.74) is 0.391. The van der Waals surface area contributed by atoms with Crippen LogP contribution < -0.4 is 5.43 Å². The van der Waals surface area contributed by atoms with E-state index in [-0.39, 0.29) is 22.7 Å². The Balaban J connectivity index is 2.71. The highest BCUT2D eigenvalue weighted by Crippen LogP contribution is 2.12. The summed E-state index contributed by atoms with van der Waals surface area (Å²) < 4.78 is 5.27. The highest BCUT2D eigenvalue weighted by Gasteiger charge is 2.16. The van der Waals surface area contributed by atoms with Gasteiger partial charge in [-0.2, -0.15) is 0 Å². The summed E-state index contributed by atoms with van der Waals surface area (Å²) in [6.07, 6.45) is 1.26. The van der Waals surface area contributed by atoms with Gasteiger partial charge in [0.2, 0.25) is 5.43 Å². The van der Waals surface area contributed by atoms with Gasteiger partial charge in [-0.15, -0.1) is 0 Å². The molecule has 2 aromatic rings. The lowest BCUT2D eigenvalue weighted by Crippen LogP contribution is -2.18. The van der Waals surface area contributed by atoms with Gasteiger partial charge in [0.1, 0.15) is 17.4 Å². The fraction of sp³-hybridized carbons (Fsp3) is 0.231. The van der Waals surface area contributed by atoms with E-state index < -0.39 is 0 Å². The summed E-state index contributed by atoms with van der Waals surface area (Å²) in [4.78, 5) is 23.7. The van der Waals surface area contributed by atoms with Crippen LogP contribution in [0.25, 0.3) is 11.0 Å². The van der Waals surface area contributed by atoms with E-state index >= 15 is 0 Å². The Bertz CT molecular complexity index is 593. The van der Waals surface area contributed by atoms with E-state index in [9.17, 15) is 9.59 Å². The van der Waals surface area contributed by atoms with Crippen LogP contribution >= 0.6 is 0 Å². The predicted molar refractivity (Wildman–Crippen MR) is 61.7 cm³/mol. The number of carbonyl (C=O) groups excluding carboxylic acids is 1. The maximum atomic E-state index is 12.0. The number of ketones is 1. The second kappa shape index (κ2) is 3.93. The molecule has 16 heavy (non-hydrogen) atoms. The Hall–Kier alpha value is -1.90. The number of rotatable bonds is 2. The van der Waals surface area contributed by atoms with Crippen molar-refractivity contribution in [2.45, 2.75) is 13.8 Å². The fourth-order valence-corrected chi connectivity index (χ4v) is 1.56. The van der Waals surface area contributed by atoms with Crippen LogP contribution in [0, 0.1) is 5.92 Å². The lowest BCUT2D eigenvalue weighted by Gasteiger charge is -2.03. The van der Waals surface area contributed by atoms with Gasteiger partial charge in [0.25, 0.3) is 0 Å². The van der Waals surface area contributed by atoms with Crippen LogP contribution in [0.3, 0.4) is 0 Å². The molecule has 0 aliphatic carbocycles. The van der Waals surface area contributed by atoms with Crippen molar-refractivity contribution in [1.29, 1.82) is 0 Å². The molecule has 0 amide bonds. The van der Waals surface area contributed by atoms with Crippen molar-refractivity contribution < 1.29 is 9.21 Å². The normalized spacial score (nSPS) is 10.9. The van der Waals surface area contributed by atoms with Crippen molar-refractivity contribution in [3.8, 4) is 0 Å². The molecule has 3 nitrogen and oxygen atoms in total. The molecule has 1 aromatic heterocycles. The smallest absolute Gasteiger partial charge is 0.203 e. The molecule has 0 saturated carbocycles. The first-order chi connectivity index (χ1) is 7.61. The number of para-hydroxylation sites is 1. The lowest BCUT2D eigenvalue weighted by molar-refractivity contribution is 0.0936. The van der Waals surface area contributed by atoms with Gasteiger partial charge in [0, 0.05) is 5.92 Å². The number of fused-ring (bicyclic) bond motifs is 1. The van der Waals surface area contributed by atoms with Crippen molar-refractivity contribution in [2.24, 2.45) is 5.92 Å². The monoisotopic (exact) mass is 216 g/mol. The van der Waals surface area contributed by atoms with Gasteiger partial charge < -0.3 is 4.42 Å². The molecule has 0 unspecified atom stereocenters. The first-order valence-electron chi connectivity index (χ1n) is 5.16. The van der Waals surface area contributed by atoms with Crippen LogP contribution in [0.15, 0.2) is 39.7 Å². The van der Waals surface area contributed by atoms with Gasteiger partial charge >= 0.3 is 0 Å². The molecule has 0 spiro atoms. The van der Waals surface area contributed by atoms with Crippen molar-refractivity contribution in [1.82, 2.24) is 0 Å². The van der Waals surface area contributed by atoms with E-state index in [1.807, 2.05) is 0 Å². The Morgan fingerprint density at radius 3 is 2.62 bits per heavy atom. The maximum Gasteiger partial charge on any atom is 0.203 e. The zero-order valence-corrected chi connectivity index (χ0v) is 9.19. The first-order valence-corrected chi connectivity index (χ1v) is 5.16. The number of carbonyl (C=O) groups is 1. The topological polar surface area (TPSA) is 47.3 Å². The van der Waals surface area contributed by atoms with Crippen LogP contribution in [-0.4, -0.2) is 5.78 Å².